The molecule has 0 spiro atoms. The third-order valence-corrected chi connectivity index (χ3v) is 7.70. The molecule has 4 rings (SSSR count). The topological polar surface area (TPSA) is 60.2 Å². The van der Waals surface area contributed by atoms with E-state index in [-0.39, 0.29) is 41.5 Å². The van der Waals surface area contributed by atoms with Crippen LogP contribution in [0.5, 0.6) is 0 Å². The lowest BCUT2D eigenvalue weighted by molar-refractivity contribution is -0.917. The molecule has 146 valence electrons. The van der Waals surface area contributed by atoms with E-state index < -0.39 is 6.10 Å². The number of aliphatic hydroxyl groups excluding tert-OH is 1. The smallest absolute Gasteiger partial charge is 0.315 e. The maximum absolute atomic E-state index is 12.7. The van der Waals surface area contributed by atoms with Gasteiger partial charge < -0.3 is 19.5 Å². The van der Waals surface area contributed by atoms with E-state index in [1.807, 2.05) is 0 Å². The summed E-state index contributed by atoms with van der Waals surface area (Å²) in [6.45, 7) is 11.2. The number of esters is 1. The normalized spacial score (nSPS) is 51.3. The van der Waals surface area contributed by atoms with Crippen LogP contribution in [-0.2, 0) is 14.3 Å². The van der Waals surface area contributed by atoms with Gasteiger partial charge in [0.1, 0.15) is 37.3 Å². The molecule has 0 aromatic rings. The number of hydrogen-bond acceptors (Lipinski definition) is 4. The number of aliphatic hydroxyl groups is 1. The van der Waals surface area contributed by atoms with Gasteiger partial charge in [0.25, 0.3) is 0 Å². The van der Waals surface area contributed by atoms with Gasteiger partial charge in [0, 0.05) is 17.8 Å². The molecule has 2 heterocycles. The summed E-state index contributed by atoms with van der Waals surface area (Å²) in [6.07, 6.45) is 5.04. The molecule has 0 unspecified atom stereocenters. The number of morpholine rings is 1. The van der Waals surface area contributed by atoms with E-state index >= 15 is 0 Å². The fourth-order valence-electron chi connectivity index (χ4n) is 6.16. The summed E-state index contributed by atoms with van der Waals surface area (Å²) >= 11 is 0. The Labute approximate surface area is 156 Å². The number of hydrogen-bond donors (Lipinski definition) is 2. The summed E-state index contributed by atoms with van der Waals surface area (Å²) in [4.78, 5) is 14.1. The fourth-order valence-corrected chi connectivity index (χ4v) is 6.16. The highest BCUT2D eigenvalue weighted by Crippen LogP contribution is 2.55. The summed E-state index contributed by atoms with van der Waals surface area (Å²) < 4.78 is 11.6. The van der Waals surface area contributed by atoms with E-state index in [0.29, 0.717) is 5.92 Å². The van der Waals surface area contributed by atoms with Crippen molar-refractivity contribution in [3.63, 3.8) is 0 Å². The van der Waals surface area contributed by atoms with E-state index in [9.17, 15) is 9.90 Å². The summed E-state index contributed by atoms with van der Waals surface area (Å²) in [6, 6.07) is 0. The summed E-state index contributed by atoms with van der Waals surface area (Å²) in [5.74, 6) is 0.0561. The average Bonchev–Trinajstić information content (AvgIpc) is 2.85. The first-order chi connectivity index (χ1) is 12.3. The lowest BCUT2D eigenvalue weighted by Crippen LogP contribution is -3.16. The number of rotatable bonds is 2. The van der Waals surface area contributed by atoms with E-state index in [0.717, 1.165) is 38.9 Å². The van der Waals surface area contributed by atoms with Gasteiger partial charge in [-0.15, -0.1) is 0 Å². The van der Waals surface area contributed by atoms with Gasteiger partial charge in [-0.3, -0.25) is 4.79 Å². The molecule has 8 atom stereocenters. The molecule has 1 saturated carbocycles. The minimum absolute atomic E-state index is 0.0776. The summed E-state index contributed by atoms with van der Waals surface area (Å²) in [7, 11) is 0. The molecule has 26 heavy (non-hydrogen) atoms. The summed E-state index contributed by atoms with van der Waals surface area (Å²) in [5.41, 5.74) is 1.09. The zero-order chi connectivity index (χ0) is 18.6. The molecule has 0 aromatic heterocycles. The molecule has 2 aliphatic heterocycles. The van der Waals surface area contributed by atoms with Crippen LogP contribution in [0.4, 0.5) is 0 Å². The van der Waals surface area contributed by atoms with Gasteiger partial charge in [-0.2, -0.15) is 0 Å². The van der Waals surface area contributed by atoms with Crippen molar-refractivity contribution in [2.24, 2.45) is 23.2 Å². The van der Waals surface area contributed by atoms with Crippen LogP contribution in [0.25, 0.3) is 0 Å². The van der Waals surface area contributed by atoms with Gasteiger partial charge >= 0.3 is 5.97 Å². The number of allylic oxidation sites excluding steroid dienone is 1. The Morgan fingerprint density at radius 2 is 1.96 bits per heavy atom. The van der Waals surface area contributed by atoms with Gasteiger partial charge in [-0.25, -0.2) is 0 Å². The monoisotopic (exact) mass is 364 g/mol. The Balaban J connectivity index is 1.57. The largest absolute Gasteiger partial charge is 0.461 e. The Bertz CT molecular complexity index is 595. The minimum Gasteiger partial charge on any atom is -0.461 e. The van der Waals surface area contributed by atoms with Gasteiger partial charge in [0.15, 0.2) is 0 Å². The van der Waals surface area contributed by atoms with Crippen molar-refractivity contribution in [3.05, 3.63) is 11.6 Å². The molecule has 4 aliphatic rings. The second-order valence-electron chi connectivity index (χ2n) is 9.42. The number of quaternary nitrogens is 1. The maximum atomic E-state index is 12.7. The van der Waals surface area contributed by atoms with Crippen LogP contribution in [0.15, 0.2) is 11.6 Å². The van der Waals surface area contributed by atoms with E-state index in [4.69, 9.17) is 9.47 Å². The molecule has 5 heteroatoms. The molecular formula is C21H34NO4+. The fraction of sp³-hybridized carbons (Fsp3) is 0.857. The van der Waals surface area contributed by atoms with Crippen LogP contribution in [0.2, 0.25) is 0 Å². The van der Waals surface area contributed by atoms with Crippen molar-refractivity contribution >= 4 is 5.97 Å². The Kier molecular flexibility index (Phi) is 4.69. The number of nitrogens with one attached hydrogen (secondary N) is 1. The number of carbonyl (C=O) groups is 1. The zero-order valence-corrected chi connectivity index (χ0v) is 16.5. The van der Waals surface area contributed by atoms with Gasteiger partial charge in [-0.05, 0) is 32.6 Å². The molecule has 0 aromatic carbocycles. The van der Waals surface area contributed by atoms with Gasteiger partial charge in [0.2, 0.25) is 0 Å². The first-order valence-corrected chi connectivity index (χ1v) is 10.4. The third-order valence-electron chi connectivity index (χ3n) is 7.70. The minimum atomic E-state index is -0.505. The van der Waals surface area contributed by atoms with E-state index in [2.05, 4.69) is 33.8 Å². The molecular weight excluding hydrogens is 330 g/mol. The highest BCUT2D eigenvalue weighted by atomic mass is 16.6. The molecule has 2 saturated heterocycles. The van der Waals surface area contributed by atoms with Crippen molar-refractivity contribution in [2.45, 2.75) is 71.4 Å². The first-order valence-electron chi connectivity index (χ1n) is 10.4. The zero-order valence-electron chi connectivity index (χ0n) is 16.5. The van der Waals surface area contributed by atoms with E-state index in [1.54, 1.807) is 0 Å². The molecule has 0 bridgehead atoms. The third kappa shape index (κ3) is 2.83. The Morgan fingerprint density at radius 1 is 1.27 bits per heavy atom. The molecule has 0 amide bonds. The van der Waals surface area contributed by atoms with Crippen molar-refractivity contribution in [2.75, 3.05) is 19.6 Å². The second kappa shape index (κ2) is 6.61. The lowest BCUT2D eigenvalue weighted by Gasteiger charge is -2.51. The maximum Gasteiger partial charge on any atom is 0.315 e. The first kappa shape index (κ1) is 18.5. The van der Waals surface area contributed by atoms with Gasteiger partial charge in [0.05, 0.1) is 12.6 Å². The standard InChI is InChI=1S/C21H33NO4/c1-12-6-5-7-15-8-17-18(19(23)21(12,15)4)16(20(24)26-17)11-22-9-13(2)25-14(3)10-22/h7,12-14,16-19,23H,5-6,8-11H2,1-4H3/p+1/t12-,13+,14+,16+,17-,18-,19+,21-/m1/s1. The van der Waals surface area contributed by atoms with E-state index in [1.165, 1.54) is 10.5 Å². The van der Waals surface area contributed by atoms with Crippen LogP contribution < -0.4 is 4.90 Å². The molecule has 5 nitrogen and oxygen atoms in total. The van der Waals surface area contributed by atoms with Crippen LogP contribution >= 0.6 is 0 Å². The number of carbonyl (C=O) groups excluding carboxylic acids is 1. The Morgan fingerprint density at radius 3 is 2.65 bits per heavy atom. The molecule has 3 fully saturated rings. The highest BCUT2D eigenvalue weighted by Gasteiger charge is 2.60. The van der Waals surface area contributed by atoms with Gasteiger partial charge in [-0.1, -0.05) is 25.5 Å². The van der Waals surface area contributed by atoms with Crippen molar-refractivity contribution in [1.29, 1.82) is 0 Å². The molecule has 0 radical (unpaired) electrons. The predicted molar refractivity (Wildman–Crippen MR) is 97.6 cm³/mol. The van der Waals surface area contributed by atoms with Crippen LogP contribution in [0.1, 0.15) is 47.0 Å². The average molecular weight is 365 g/mol. The van der Waals surface area contributed by atoms with Crippen LogP contribution in [0.3, 0.4) is 0 Å². The molecule has 2 N–H and O–H groups in total. The quantitative estimate of drug-likeness (QED) is 0.566. The van der Waals surface area contributed by atoms with Crippen molar-refractivity contribution < 1.29 is 24.3 Å². The van der Waals surface area contributed by atoms with Crippen molar-refractivity contribution in [1.82, 2.24) is 0 Å². The highest BCUT2D eigenvalue weighted by molar-refractivity contribution is 5.76. The van der Waals surface area contributed by atoms with Crippen molar-refractivity contribution in [3.8, 4) is 0 Å². The number of fused-ring (bicyclic) bond motifs is 2. The lowest BCUT2D eigenvalue weighted by atomic mass is 9.55. The number of ether oxygens (including phenoxy) is 2. The summed E-state index contributed by atoms with van der Waals surface area (Å²) in [5, 5.41) is 11.4. The van der Waals surface area contributed by atoms with Crippen LogP contribution in [-0.4, -0.2) is 55.1 Å². The van der Waals surface area contributed by atoms with Crippen LogP contribution in [0, 0.1) is 23.2 Å². The molecule has 2 aliphatic carbocycles. The predicted octanol–water partition coefficient (Wildman–Crippen LogP) is 0.964. The second-order valence-corrected chi connectivity index (χ2v) is 9.42. The SMILES string of the molecule is C[C@@H]1CCC=C2C[C@H]3OC(=O)[C@@H](C[NH+]4C[C@H](C)O[C@@H](C)C4)[C@H]3[C@H](O)[C@@]21C. The Hall–Kier alpha value is -0.910.